The number of piperazine rings is 1. The molecule has 0 amide bonds. The molecule has 1 aliphatic rings. The zero-order valence-corrected chi connectivity index (χ0v) is 18.6. The number of nitrogens with zero attached hydrogens (tertiary/aromatic N) is 4. The van der Waals surface area contributed by atoms with Gasteiger partial charge in [-0.2, -0.15) is 0 Å². The number of anilines is 1. The lowest BCUT2D eigenvalue weighted by atomic mass is 10.2. The number of likely N-dealkylation sites (N-methyl/N-ethyl adjacent to an activating group) is 1. The summed E-state index contributed by atoms with van der Waals surface area (Å²) in [4.78, 5) is 36.5. The van der Waals surface area contributed by atoms with Crippen LogP contribution in [-0.4, -0.2) is 60.3 Å². The average Bonchev–Trinajstić information content (AvgIpc) is 3.05. The van der Waals surface area contributed by atoms with Gasteiger partial charge in [-0.15, -0.1) is 11.3 Å². The Morgan fingerprint density at radius 1 is 1.20 bits per heavy atom. The monoisotopic (exact) mass is 426 g/mol. The van der Waals surface area contributed by atoms with Crippen LogP contribution in [0.4, 0.5) is 5.95 Å². The molecule has 0 atom stereocenters. The maximum atomic E-state index is 13.7. The fourth-order valence-electron chi connectivity index (χ4n) is 3.78. The summed E-state index contributed by atoms with van der Waals surface area (Å²) in [6.45, 7) is 9.24. The number of aromatic nitrogens is 2. The summed E-state index contributed by atoms with van der Waals surface area (Å²) in [6.07, 6.45) is 0. The van der Waals surface area contributed by atoms with Crippen molar-refractivity contribution >= 4 is 33.5 Å². The minimum Gasteiger partial charge on any atom is -0.462 e. The lowest BCUT2D eigenvalue weighted by Gasteiger charge is -2.34. The van der Waals surface area contributed by atoms with E-state index in [0.29, 0.717) is 33.2 Å². The molecule has 1 fully saturated rings. The van der Waals surface area contributed by atoms with Gasteiger partial charge in [-0.25, -0.2) is 14.3 Å². The van der Waals surface area contributed by atoms with E-state index in [1.54, 1.807) is 18.4 Å². The molecule has 3 aromatic rings. The van der Waals surface area contributed by atoms with Gasteiger partial charge >= 0.3 is 5.97 Å². The van der Waals surface area contributed by atoms with Crippen molar-refractivity contribution in [2.75, 3.05) is 44.7 Å². The molecular formula is C22H26N4O3S. The molecule has 158 valence electrons. The Morgan fingerprint density at radius 3 is 2.60 bits per heavy atom. The Balaban J connectivity index is 1.97. The highest BCUT2D eigenvalue weighted by Crippen LogP contribution is 2.31. The summed E-state index contributed by atoms with van der Waals surface area (Å²) in [5.74, 6) is 0.225. The number of hydrogen-bond donors (Lipinski definition) is 0. The van der Waals surface area contributed by atoms with Gasteiger partial charge in [0.15, 0.2) is 0 Å². The van der Waals surface area contributed by atoms with E-state index in [9.17, 15) is 9.59 Å². The van der Waals surface area contributed by atoms with Crippen LogP contribution in [0.5, 0.6) is 0 Å². The van der Waals surface area contributed by atoms with Crippen molar-refractivity contribution in [1.82, 2.24) is 14.5 Å². The molecule has 0 radical (unpaired) electrons. The van der Waals surface area contributed by atoms with E-state index in [1.807, 2.05) is 31.2 Å². The third-order valence-electron chi connectivity index (χ3n) is 5.45. The van der Waals surface area contributed by atoms with E-state index in [0.717, 1.165) is 37.4 Å². The summed E-state index contributed by atoms with van der Waals surface area (Å²) in [5.41, 5.74) is 2.34. The van der Waals surface area contributed by atoms with Gasteiger partial charge in [0, 0.05) is 26.2 Å². The van der Waals surface area contributed by atoms with Crippen molar-refractivity contribution in [1.29, 1.82) is 0 Å². The van der Waals surface area contributed by atoms with E-state index in [4.69, 9.17) is 9.72 Å². The van der Waals surface area contributed by atoms with Gasteiger partial charge in [-0.1, -0.05) is 12.1 Å². The van der Waals surface area contributed by atoms with Gasteiger partial charge in [0.05, 0.1) is 17.7 Å². The molecule has 1 saturated heterocycles. The molecular weight excluding hydrogens is 400 g/mol. The van der Waals surface area contributed by atoms with Crippen LogP contribution >= 0.6 is 11.3 Å². The second-order valence-corrected chi connectivity index (χ2v) is 8.64. The zero-order chi connectivity index (χ0) is 21.4. The number of thiophene rings is 1. The number of hydrogen-bond acceptors (Lipinski definition) is 7. The molecule has 0 saturated carbocycles. The van der Waals surface area contributed by atoms with Crippen molar-refractivity contribution in [2.24, 2.45) is 0 Å². The van der Waals surface area contributed by atoms with Crippen LogP contribution in [-0.2, 0) is 4.74 Å². The van der Waals surface area contributed by atoms with E-state index < -0.39 is 5.97 Å². The Kier molecular flexibility index (Phi) is 5.62. The zero-order valence-electron chi connectivity index (χ0n) is 17.8. The van der Waals surface area contributed by atoms with Crippen molar-refractivity contribution < 1.29 is 9.53 Å². The van der Waals surface area contributed by atoms with Gasteiger partial charge in [-0.05, 0) is 51.1 Å². The number of aryl methyl sites for hydroxylation is 2. The van der Waals surface area contributed by atoms with Crippen LogP contribution in [0.25, 0.3) is 15.9 Å². The Bertz CT molecular complexity index is 1160. The molecule has 0 aliphatic carbocycles. The first-order valence-electron chi connectivity index (χ1n) is 10.1. The number of benzene rings is 1. The molecule has 0 bridgehead atoms. The van der Waals surface area contributed by atoms with Gasteiger partial charge in [-0.3, -0.25) is 4.79 Å². The molecule has 4 rings (SSSR count). The average molecular weight is 427 g/mol. The van der Waals surface area contributed by atoms with Crippen LogP contribution in [0.3, 0.4) is 0 Å². The predicted molar refractivity (Wildman–Crippen MR) is 120 cm³/mol. The summed E-state index contributed by atoms with van der Waals surface area (Å²) in [7, 11) is 2.09. The molecule has 8 heteroatoms. The summed E-state index contributed by atoms with van der Waals surface area (Å²) in [6, 6.07) is 7.86. The van der Waals surface area contributed by atoms with Crippen LogP contribution in [0, 0.1) is 13.8 Å². The summed E-state index contributed by atoms with van der Waals surface area (Å²) >= 11 is 1.24. The SMILES string of the molecule is CCOC(=O)c1sc2nc(N3CCN(C)CC3)n(-c3cccc(C)c3)c(=O)c2c1C. The lowest BCUT2D eigenvalue weighted by Crippen LogP contribution is -2.46. The highest BCUT2D eigenvalue weighted by Gasteiger charge is 2.26. The summed E-state index contributed by atoms with van der Waals surface area (Å²) < 4.78 is 6.88. The van der Waals surface area contributed by atoms with Gasteiger partial charge < -0.3 is 14.5 Å². The molecule has 1 aliphatic heterocycles. The minimum absolute atomic E-state index is 0.149. The van der Waals surface area contributed by atoms with E-state index in [2.05, 4.69) is 16.8 Å². The molecule has 0 N–H and O–H groups in total. The van der Waals surface area contributed by atoms with Crippen molar-refractivity contribution in [3.05, 3.63) is 50.6 Å². The first-order chi connectivity index (χ1) is 14.4. The van der Waals surface area contributed by atoms with Crippen LogP contribution in [0.15, 0.2) is 29.1 Å². The molecule has 2 aromatic heterocycles. The Morgan fingerprint density at radius 2 is 1.93 bits per heavy atom. The first-order valence-corrected chi connectivity index (χ1v) is 11.0. The summed E-state index contributed by atoms with van der Waals surface area (Å²) in [5, 5.41) is 0.488. The Hall–Kier alpha value is -2.71. The smallest absolute Gasteiger partial charge is 0.348 e. The molecule has 1 aromatic carbocycles. The van der Waals surface area contributed by atoms with Crippen LogP contribution in [0.2, 0.25) is 0 Å². The third-order valence-corrected chi connectivity index (χ3v) is 6.62. The van der Waals surface area contributed by atoms with Crippen LogP contribution in [0.1, 0.15) is 27.7 Å². The van der Waals surface area contributed by atoms with E-state index in [1.165, 1.54) is 11.3 Å². The van der Waals surface area contributed by atoms with Crippen molar-refractivity contribution in [3.63, 3.8) is 0 Å². The quantitative estimate of drug-likeness (QED) is 0.598. The molecule has 0 spiro atoms. The second-order valence-electron chi connectivity index (χ2n) is 7.64. The number of carbonyl (C=O) groups is 1. The first kappa shape index (κ1) is 20.6. The van der Waals surface area contributed by atoms with Gasteiger partial charge in [0.2, 0.25) is 5.95 Å². The fourth-order valence-corrected chi connectivity index (χ4v) is 4.84. The number of carbonyl (C=O) groups excluding carboxylic acids is 1. The highest BCUT2D eigenvalue weighted by molar-refractivity contribution is 7.20. The number of esters is 1. The predicted octanol–water partition coefficient (Wildman–Crippen LogP) is 2.99. The maximum Gasteiger partial charge on any atom is 0.348 e. The maximum absolute atomic E-state index is 13.7. The van der Waals surface area contributed by atoms with Gasteiger partial charge in [0.25, 0.3) is 5.56 Å². The molecule has 7 nitrogen and oxygen atoms in total. The lowest BCUT2D eigenvalue weighted by molar-refractivity contribution is 0.0531. The van der Waals surface area contributed by atoms with Crippen LogP contribution < -0.4 is 10.5 Å². The fraction of sp³-hybridized carbons (Fsp3) is 0.409. The largest absolute Gasteiger partial charge is 0.462 e. The van der Waals surface area contributed by atoms with Gasteiger partial charge in [0.1, 0.15) is 9.71 Å². The molecule has 30 heavy (non-hydrogen) atoms. The minimum atomic E-state index is -0.402. The van der Waals surface area contributed by atoms with Crippen molar-refractivity contribution in [3.8, 4) is 5.69 Å². The normalized spacial score (nSPS) is 15.0. The molecule has 0 unspecified atom stereocenters. The topological polar surface area (TPSA) is 67.7 Å². The second kappa shape index (κ2) is 8.20. The van der Waals surface area contributed by atoms with Crippen molar-refractivity contribution in [2.45, 2.75) is 20.8 Å². The Labute approximate surface area is 179 Å². The number of rotatable bonds is 4. The third kappa shape index (κ3) is 3.61. The van der Waals surface area contributed by atoms with E-state index >= 15 is 0 Å². The van der Waals surface area contributed by atoms with E-state index in [-0.39, 0.29) is 5.56 Å². The number of ether oxygens (including phenoxy) is 1. The molecule has 3 heterocycles. The highest BCUT2D eigenvalue weighted by atomic mass is 32.1. The standard InChI is InChI=1S/C22H26N4O3S/c1-5-29-21(28)18-15(3)17-19(30-18)23-22(25-11-9-24(4)10-12-25)26(20(17)27)16-8-6-7-14(2)13-16/h6-8,13H,5,9-12H2,1-4H3. The number of fused-ring (bicyclic) bond motifs is 1.